The zero-order chi connectivity index (χ0) is 19.9. The third-order valence-electron chi connectivity index (χ3n) is 5.52. The van der Waals surface area contributed by atoms with Crippen LogP contribution in [0.1, 0.15) is 48.0 Å². The Balaban J connectivity index is 1.27. The second-order valence-electron chi connectivity index (χ2n) is 7.61. The molecule has 29 heavy (non-hydrogen) atoms. The van der Waals surface area contributed by atoms with Crippen molar-refractivity contribution in [3.63, 3.8) is 0 Å². The first kappa shape index (κ1) is 19.2. The number of aromatic nitrogens is 2. The van der Waals surface area contributed by atoms with Gasteiger partial charge in [0.1, 0.15) is 0 Å². The van der Waals surface area contributed by atoms with E-state index in [2.05, 4.69) is 38.8 Å². The summed E-state index contributed by atoms with van der Waals surface area (Å²) in [5, 5.41) is 7.62. The van der Waals surface area contributed by atoms with Crippen molar-refractivity contribution in [1.82, 2.24) is 15.3 Å². The van der Waals surface area contributed by atoms with Gasteiger partial charge in [-0.25, -0.2) is 0 Å². The van der Waals surface area contributed by atoms with E-state index in [0.29, 0.717) is 12.1 Å². The minimum absolute atomic E-state index is 0.0871. The number of hydrogen-bond acceptors (Lipinski definition) is 3. The van der Waals surface area contributed by atoms with Crippen LogP contribution in [0, 0.1) is 0 Å². The van der Waals surface area contributed by atoms with Crippen LogP contribution in [0.4, 0.5) is 5.69 Å². The molecule has 2 heterocycles. The third kappa shape index (κ3) is 5.05. The predicted molar refractivity (Wildman–Crippen MR) is 118 cm³/mol. The number of nitrogens with one attached hydrogen (secondary N) is 3. The van der Waals surface area contributed by atoms with E-state index in [1.54, 1.807) is 18.0 Å². The molecule has 0 unspecified atom stereocenters. The Morgan fingerprint density at radius 3 is 2.93 bits per heavy atom. The van der Waals surface area contributed by atoms with E-state index in [0.717, 1.165) is 30.6 Å². The van der Waals surface area contributed by atoms with E-state index in [-0.39, 0.29) is 5.91 Å². The van der Waals surface area contributed by atoms with Crippen molar-refractivity contribution in [3.8, 4) is 0 Å². The van der Waals surface area contributed by atoms with Crippen molar-refractivity contribution in [2.75, 3.05) is 18.4 Å². The van der Waals surface area contributed by atoms with Gasteiger partial charge in [-0.1, -0.05) is 29.8 Å². The summed E-state index contributed by atoms with van der Waals surface area (Å²) in [6, 6.07) is 10.1. The molecule has 2 aromatic heterocycles. The van der Waals surface area contributed by atoms with Crippen molar-refractivity contribution < 1.29 is 4.79 Å². The van der Waals surface area contributed by atoms with Crippen molar-refractivity contribution >= 4 is 22.5 Å². The lowest BCUT2D eigenvalue weighted by molar-refractivity contribution is 0.0954. The number of hydrogen-bond donors (Lipinski definition) is 3. The second kappa shape index (κ2) is 9.41. The van der Waals surface area contributed by atoms with Crippen molar-refractivity contribution in [2.24, 2.45) is 0 Å². The molecule has 0 fully saturated rings. The van der Waals surface area contributed by atoms with E-state index in [1.807, 2.05) is 24.4 Å². The van der Waals surface area contributed by atoms with Crippen molar-refractivity contribution in [2.45, 2.75) is 38.5 Å². The molecule has 1 aliphatic rings. The smallest absolute Gasteiger partial charge is 0.252 e. The number of benzene rings is 1. The number of pyridine rings is 1. The zero-order valence-electron chi connectivity index (χ0n) is 16.7. The summed E-state index contributed by atoms with van der Waals surface area (Å²) in [7, 11) is 0. The van der Waals surface area contributed by atoms with Crippen LogP contribution in [0.25, 0.3) is 10.9 Å². The standard InChI is InChI=1S/C24H28N4O/c29-24(27-13-11-19-16-28-23-9-5-4-8-22(19)23)20-14-21(17-25-15-20)26-12-10-18-6-2-1-3-7-18/h4-6,8-9,14-17,26,28H,1-3,7,10-13H2,(H,27,29). The maximum absolute atomic E-state index is 12.5. The van der Waals surface area contributed by atoms with E-state index in [9.17, 15) is 4.79 Å². The van der Waals surface area contributed by atoms with Gasteiger partial charge in [0.25, 0.3) is 5.91 Å². The molecule has 0 atom stereocenters. The van der Waals surface area contributed by atoms with Crippen LogP contribution >= 0.6 is 0 Å². The van der Waals surface area contributed by atoms with Gasteiger partial charge in [0.05, 0.1) is 11.3 Å². The van der Waals surface area contributed by atoms with Crippen LogP contribution in [0.3, 0.4) is 0 Å². The van der Waals surface area contributed by atoms with Gasteiger partial charge in [-0.3, -0.25) is 9.78 Å². The summed E-state index contributed by atoms with van der Waals surface area (Å²) in [6.07, 6.45) is 14.7. The van der Waals surface area contributed by atoms with Gasteiger partial charge < -0.3 is 15.6 Å². The van der Waals surface area contributed by atoms with Gasteiger partial charge in [0.2, 0.25) is 0 Å². The lowest BCUT2D eigenvalue weighted by Crippen LogP contribution is -2.25. The Kier molecular flexibility index (Phi) is 6.25. The van der Waals surface area contributed by atoms with Gasteiger partial charge in [0.15, 0.2) is 0 Å². The normalized spacial score (nSPS) is 13.9. The fraction of sp³-hybridized carbons (Fsp3) is 0.333. The van der Waals surface area contributed by atoms with Crippen LogP contribution in [-0.2, 0) is 6.42 Å². The molecule has 0 aliphatic heterocycles. The molecule has 150 valence electrons. The largest absolute Gasteiger partial charge is 0.383 e. The number of allylic oxidation sites excluding steroid dienone is 1. The average molecular weight is 389 g/mol. The highest BCUT2D eigenvalue weighted by Crippen LogP contribution is 2.20. The van der Waals surface area contributed by atoms with Crippen molar-refractivity contribution in [3.05, 3.63) is 71.7 Å². The Labute approximate surface area is 171 Å². The Bertz CT molecular complexity index is 1000. The highest BCUT2D eigenvalue weighted by molar-refractivity contribution is 5.94. The molecule has 1 aromatic carbocycles. The van der Waals surface area contributed by atoms with Gasteiger partial charge >= 0.3 is 0 Å². The molecule has 0 saturated heterocycles. The van der Waals surface area contributed by atoms with Crippen LogP contribution in [0.2, 0.25) is 0 Å². The molecule has 0 radical (unpaired) electrons. The molecule has 3 aromatic rings. The first-order valence-corrected chi connectivity index (χ1v) is 10.5. The van der Waals surface area contributed by atoms with Gasteiger partial charge in [-0.2, -0.15) is 0 Å². The molecule has 5 heteroatoms. The second-order valence-corrected chi connectivity index (χ2v) is 7.61. The maximum Gasteiger partial charge on any atom is 0.252 e. The number of carbonyl (C=O) groups excluding carboxylic acids is 1. The first-order chi connectivity index (χ1) is 14.3. The van der Waals surface area contributed by atoms with E-state index >= 15 is 0 Å². The van der Waals surface area contributed by atoms with Crippen LogP contribution in [0.15, 0.2) is 60.6 Å². The maximum atomic E-state index is 12.5. The molecule has 1 aliphatic carbocycles. The van der Waals surface area contributed by atoms with Gasteiger partial charge in [-0.05, 0) is 56.2 Å². The predicted octanol–water partition coefficient (Wildman–Crippen LogP) is 4.84. The third-order valence-corrected chi connectivity index (χ3v) is 5.52. The van der Waals surface area contributed by atoms with Crippen LogP contribution < -0.4 is 10.6 Å². The highest BCUT2D eigenvalue weighted by atomic mass is 16.1. The quantitative estimate of drug-likeness (QED) is 0.484. The molecular formula is C24H28N4O. The summed E-state index contributed by atoms with van der Waals surface area (Å²) < 4.78 is 0. The van der Waals surface area contributed by atoms with Crippen molar-refractivity contribution in [1.29, 1.82) is 0 Å². The number of amides is 1. The Hall–Kier alpha value is -3.08. The molecule has 4 rings (SSSR count). The number of para-hydroxylation sites is 1. The molecular weight excluding hydrogens is 360 g/mol. The Morgan fingerprint density at radius 1 is 1.10 bits per heavy atom. The topological polar surface area (TPSA) is 69.8 Å². The minimum Gasteiger partial charge on any atom is -0.383 e. The fourth-order valence-electron chi connectivity index (χ4n) is 3.91. The van der Waals surface area contributed by atoms with E-state index < -0.39 is 0 Å². The highest BCUT2D eigenvalue weighted by Gasteiger charge is 2.09. The number of rotatable bonds is 8. The Morgan fingerprint density at radius 2 is 2.03 bits per heavy atom. The van der Waals surface area contributed by atoms with Crippen LogP contribution in [-0.4, -0.2) is 29.0 Å². The summed E-state index contributed by atoms with van der Waals surface area (Å²) in [5.41, 5.74) is 5.37. The monoisotopic (exact) mass is 388 g/mol. The SMILES string of the molecule is O=C(NCCc1c[nH]c2ccccc12)c1cncc(NCCC2=CCCCC2)c1. The average Bonchev–Trinajstić information content (AvgIpc) is 3.18. The molecule has 3 N–H and O–H groups in total. The lowest BCUT2D eigenvalue weighted by Gasteiger charge is -2.13. The number of aromatic amines is 1. The minimum atomic E-state index is -0.0871. The van der Waals surface area contributed by atoms with E-state index in [1.165, 1.54) is 36.6 Å². The number of fused-ring (bicyclic) bond motifs is 1. The summed E-state index contributed by atoms with van der Waals surface area (Å²) in [4.78, 5) is 20.0. The number of H-pyrrole nitrogens is 1. The molecule has 5 nitrogen and oxygen atoms in total. The fourth-order valence-corrected chi connectivity index (χ4v) is 3.91. The number of anilines is 1. The van der Waals surface area contributed by atoms with Gasteiger partial charge in [0, 0.05) is 42.6 Å². The first-order valence-electron chi connectivity index (χ1n) is 10.5. The summed E-state index contributed by atoms with van der Waals surface area (Å²) >= 11 is 0. The zero-order valence-corrected chi connectivity index (χ0v) is 16.7. The van der Waals surface area contributed by atoms with E-state index in [4.69, 9.17) is 0 Å². The number of carbonyl (C=O) groups is 1. The molecule has 0 saturated carbocycles. The molecule has 0 spiro atoms. The molecule has 0 bridgehead atoms. The summed E-state index contributed by atoms with van der Waals surface area (Å²) in [6.45, 7) is 1.46. The van der Waals surface area contributed by atoms with Crippen LogP contribution in [0.5, 0.6) is 0 Å². The summed E-state index contributed by atoms with van der Waals surface area (Å²) in [5.74, 6) is -0.0871. The number of nitrogens with zero attached hydrogens (tertiary/aromatic N) is 1. The van der Waals surface area contributed by atoms with Gasteiger partial charge in [-0.15, -0.1) is 0 Å². The lowest BCUT2D eigenvalue weighted by atomic mass is 9.97. The molecule has 1 amide bonds.